The van der Waals surface area contributed by atoms with Crippen LogP contribution in [0, 0.1) is 6.92 Å². The molecule has 6 nitrogen and oxygen atoms in total. The number of nitrogens with zero attached hydrogens (tertiary/aromatic N) is 3. The molecule has 0 aliphatic carbocycles. The van der Waals surface area contributed by atoms with Crippen LogP contribution in [-0.4, -0.2) is 27.3 Å². The molecule has 7 heteroatoms. The van der Waals surface area contributed by atoms with Gasteiger partial charge in [0.1, 0.15) is 0 Å². The van der Waals surface area contributed by atoms with Gasteiger partial charge in [-0.2, -0.15) is 5.10 Å². The number of carbonyl (C=O) groups excluding carboxylic acids is 1. The Morgan fingerprint density at radius 2 is 2.00 bits per heavy atom. The first kappa shape index (κ1) is 21.3. The van der Waals surface area contributed by atoms with Crippen LogP contribution in [0.25, 0.3) is 16.6 Å². The van der Waals surface area contributed by atoms with Crippen LogP contribution < -0.4 is 5.73 Å². The lowest BCUT2D eigenvalue weighted by atomic mass is 9.85. The van der Waals surface area contributed by atoms with Crippen molar-refractivity contribution < 1.29 is 9.53 Å². The van der Waals surface area contributed by atoms with Crippen molar-refractivity contribution in [2.24, 2.45) is 5.73 Å². The standard InChI is InChI=1S/C22H27BrN4O2/c1-6-16-10-18(22(3,4)5)20-19(14-9-15(23)12-25-11-14)17(7-8-29-21(24)28)13(2)26-27(16)20/h9-12H,6-8H2,1-5H3,(H2,24,28). The summed E-state index contributed by atoms with van der Waals surface area (Å²) in [5.74, 6) is 0. The quantitative estimate of drug-likeness (QED) is 0.585. The maximum Gasteiger partial charge on any atom is 0.404 e. The van der Waals surface area contributed by atoms with E-state index in [9.17, 15) is 4.79 Å². The van der Waals surface area contributed by atoms with Crippen LogP contribution in [-0.2, 0) is 23.0 Å². The number of aromatic nitrogens is 3. The molecule has 3 aromatic rings. The van der Waals surface area contributed by atoms with E-state index in [4.69, 9.17) is 15.6 Å². The summed E-state index contributed by atoms with van der Waals surface area (Å²) >= 11 is 3.54. The molecule has 0 saturated carbocycles. The average molecular weight is 459 g/mol. The van der Waals surface area contributed by atoms with E-state index in [-0.39, 0.29) is 12.0 Å². The predicted octanol–water partition coefficient (Wildman–Crippen LogP) is 4.96. The molecule has 0 radical (unpaired) electrons. The molecule has 2 N–H and O–H groups in total. The molecule has 1 amide bonds. The Bertz CT molecular complexity index is 1070. The lowest BCUT2D eigenvalue weighted by Crippen LogP contribution is -2.17. The van der Waals surface area contributed by atoms with E-state index >= 15 is 0 Å². The number of amides is 1. The van der Waals surface area contributed by atoms with E-state index in [0.717, 1.165) is 44.5 Å². The second-order valence-corrected chi connectivity index (χ2v) is 9.08. The van der Waals surface area contributed by atoms with E-state index in [2.05, 4.69) is 65.3 Å². The van der Waals surface area contributed by atoms with Gasteiger partial charge in [0.15, 0.2) is 0 Å². The summed E-state index contributed by atoms with van der Waals surface area (Å²) in [4.78, 5) is 15.5. The third kappa shape index (κ3) is 4.29. The SMILES string of the molecule is CCc1cc(C(C)(C)C)c2c(-c3cncc(Br)c3)c(CCOC(N)=O)c(C)nn12. The van der Waals surface area contributed by atoms with Gasteiger partial charge < -0.3 is 10.5 Å². The number of hydrogen-bond acceptors (Lipinski definition) is 4. The molecule has 0 spiro atoms. The van der Waals surface area contributed by atoms with Crippen molar-refractivity contribution >= 4 is 27.5 Å². The number of halogens is 1. The normalized spacial score (nSPS) is 11.8. The molecule has 29 heavy (non-hydrogen) atoms. The van der Waals surface area contributed by atoms with Crippen molar-refractivity contribution in [1.29, 1.82) is 0 Å². The zero-order valence-corrected chi connectivity index (χ0v) is 19.1. The maximum atomic E-state index is 11.1. The van der Waals surface area contributed by atoms with Crippen molar-refractivity contribution in [3.05, 3.63) is 51.5 Å². The molecule has 0 atom stereocenters. The summed E-state index contributed by atoms with van der Waals surface area (Å²) < 4.78 is 8.00. The number of aryl methyl sites for hydroxylation is 2. The van der Waals surface area contributed by atoms with Gasteiger partial charge in [-0.1, -0.05) is 27.7 Å². The lowest BCUT2D eigenvalue weighted by Gasteiger charge is -2.21. The van der Waals surface area contributed by atoms with E-state index < -0.39 is 6.09 Å². The number of ether oxygens (including phenoxy) is 1. The summed E-state index contributed by atoms with van der Waals surface area (Å²) in [6.45, 7) is 11.0. The molecule has 3 heterocycles. The van der Waals surface area contributed by atoms with Crippen LogP contribution >= 0.6 is 15.9 Å². The van der Waals surface area contributed by atoms with Crippen LogP contribution in [0.3, 0.4) is 0 Å². The predicted molar refractivity (Wildman–Crippen MR) is 118 cm³/mol. The van der Waals surface area contributed by atoms with Gasteiger partial charge in [-0.25, -0.2) is 9.31 Å². The highest BCUT2D eigenvalue weighted by Crippen LogP contribution is 2.39. The van der Waals surface area contributed by atoms with Crippen molar-refractivity contribution in [2.75, 3.05) is 6.61 Å². The molecular formula is C22H27BrN4O2. The van der Waals surface area contributed by atoms with E-state index in [1.165, 1.54) is 5.56 Å². The molecule has 3 rings (SSSR count). The third-order valence-electron chi connectivity index (χ3n) is 5.04. The van der Waals surface area contributed by atoms with Gasteiger partial charge in [-0.05, 0) is 57.9 Å². The molecular weight excluding hydrogens is 432 g/mol. The molecule has 0 fully saturated rings. The minimum Gasteiger partial charge on any atom is -0.449 e. The summed E-state index contributed by atoms with van der Waals surface area (Å²) in [5, 5.41) is 4.90. The Kier molecular flexibility index (Phi) is 5.98. The Hall–Kier alpha value is -2.41. The monoisotopic (exact) mass is 458 g/mol. The largest absolute Gasteiger partial charge is 0.449 e. The highest BCUT2D eigenvalue weighted by molar-refractivity contribution is 9.10. The van der Waals surface area contributed by atoms with Gasteiger partial charge >= 0.3 is 6.09 Å². The number of fused-ring (bicyclic) bond motifs is 1. The Morgan fingerprint density at radius 3 is 2.59 bits per heavy atom. The molecule has 3 aromatic heterocycles. The van der Waals surface area contributed by atoms with Crippen LogP contribution in [0.15, 0.2) is 29.0 Å². The summed E-state index contributed by atoms with van der Waals surface area (Å²) in [5.41, 5.74) is 12.6. The average Bonchev–Trinajstić information content (AvgIpc) is 3.00. The first-order chi connectivity index (χ1) is 13.6. The second-order valence-electron chi connectivity index (χ2n) is 8.16. The highest BCUT2D eigenvalue weighted by atomic mass is 79.9. The highest BCUT2D eigenvalue weighted by Gasteiger charge is 2.26. The first-order valence-corrected chi connectivity index (χ1v) is 10.5. The zero-order valence-electron chi connectivity index (χ0n) is 17.5. The van der Waals surface area contributed by atoms with Gasteiger partial charge in [0.25, 0.3) is 0 Å². The minimum absolute atomic E-state index is 0.0647. The molecule has 154 valence electrons. The topological polar surface area (TPSA) is 82.5 Å². The molecule has 0 unspecified atom stereocenters. The Labute approximate surface area is 179 Å². The van der Waals surface area contributed by atoms with Crippen LogP contribution in [0.2, 0.25) is 0 Å². The van der Waals surface area contributed by atoms with Gasteiger partial charge in [-0.15, -0.1) is 0 Å². The van der Waals surface area contributed by atoms with Gasteiger partial charge in [0, 0.05) is 40.1 Å². The Balaban J connectivity index is 2.38. The van der Waals surface area contributed by atoms with Gasteiger partial charge in [0.05, 0.1) is 17.8 Å². The minimum atomic E-state index is -0.770. The summed E-state index contributed by atoms with van der Waals surface area (Å²) in [6, 6.07) is 4.31. The van der Waals surface area contributed by atoms with Crippen molar-refractivity contribution in [3.63, 3.8) is 0 Å². The third-order valence-corrected chi connectivity index (χ3v) is 5.47. The lowest BCUT2D eigenvalue weighted by molar-refractivity contribution is 0.158. The fourth-order valence-corrected chi connectivity index (χ4v) is 4.05. The smallest absolute Gasteiger partial charge is 0.404 e. The van der Waals surface area contributed by atoms with Crippen molar-refractivity contribution in [3.8, 4) is 11.1 Å². The molecule has 0 aliphatic heterocycles. The van der Waals surface area contributed by atoms with Gasteiger partial charge in [-0.3, -0.25) is 4.98 Å². The van der Waals surface area contributed by atoms with Crippen molar-refractivity contribution in [2.45, 2.75) is 52.9 Å². The molecule has 0 aliphatic rings. The number of carbonyl (C=O) groups is 1. The molecule has 0 aromatic carbocycles. The van der Waals surface area contributed by atoms with Crippen LogP contribution in [0.1, 0.15) is 50.2 Å². The fourth-order valence-electron chi connectivity index (χ4n) is 3.69. The summed E-state index contributed by atoms with van der Waals surface area (Å²) in [7, 11) is 0. The maximum absolute atomic E-state index is 11.1. The zero-order chi connectivity index (χ0) is 21.3. The van der Waals surface area contributed by atoms with Crippen LogP contribution in [0.4, 0.5) is 4.79 Å². The number of pyridine rings is 1. The number of rotatable bonds is 5. The first-order valence-electron chi connectivity index (χ1n) is 9.71. The fraction of sp³-hybridized carbons (Fsp3) is 0.409. The van der Waals surface area contributed by atoms with E-state index in [0.29, 0.717) is 6.42 Å². The summed E-state index contributed by atoms with van der Waals surface area (Å²) in [6.07, 6.45) is 4.27. The van der Waals surface area contributed by atoms with Crippen LogP contribution in [0.5, 0.6) is 0 Å². The number of hydrogen-bond donors (Lipinski definition) is 1. The Morgan fingerprint density at radius 1 is 1.28 bits per heavy atom. The molecule has 0 saturated heterocycles. The number of primary amides is 1. The van der Waals surface area contributed by atoms with Crippen molar-refractivity contribution in [1.82, 2.24) is 14.6 Å². The van der Waals surface area contributed by atoms with E-state index in [1.54, 1.807) is 6.20 Å². The number of nitrogens with two attached hydrogens (primary N) is 1. The second kappa shape index (κ2) is 8.14. The molecule has 0 bridgehead atoms. The van der Waals surface area contributed by atoms with Gasteiger partial charge in [0.2, 0.25) is 0 Å². The van der Waals surface area contributed by atoms with E-state index in [1.807, 2.05) is 13.1 Å².